The van der Waals surface area contributed by atoms with Crippen molar-refractivity contribution in [1.29, 1.82) is 0 Å². The topological polar surface area (TPSA) is 37.3 Å². The first kappa shape index (κ1) is 10.9. The normalized spacial score (nSPS) is 25.3. The zero-order chi connectivity index (χ0) is 10.7. The molecule has 2 rings (SSSR count). The van der Waals surface area contributed by atoms with E-state index in [1.807, 2.05) is 30.3 Å². The molecule has 1 atom stereocenters. The van der Waals surface area contributed by atoms with Crippen LogP contribution in [0.3, 0.4) is 0 Å². The summed E-state index contributed by atoms with van der Waals surface area (Å²) in [6, 6.07) is 9.78. The van der Waals surface area contributed by atoms with E-state index in [0.29, 0.717) is 5.75 Å². The van der Waals surface area contributed by atoms with Gasteiger partial charge in [0.2, 0.25) is 0 Å². The summed E-state index contributed by atoms with van der Waals surface area (Å²) in [4.78, 5) is 12.3. The average Bonchev–Trinajstić information content (AvgIpc) is 2.69. The standard InChI is InChI=1S/C11H12O2S2/c12-10(13)11(6-7-14-8-11)15-9-4-2-1-3-5-9/h1-5H,6-8H2,(H,12,13). The molecule has 0 bridgehead atoms. The molecule has 0 saturated carbocycles. The lowest BCUT2D eigenvalue weighted by Crippen LogP contribution is -2.34. The zero-order valence-electron chi connectivity index (χ0n) is 8.18. The molecule has 15 heavy (non-hydrogen) atoms. The molecular weight excluding hydrogens is 228 g/mol. The summed E-state index contributed by atoms with van der Waals surface area (Å²) in [7, 11) is 0. The first-order chi connectivity index (χ1) is 7.23. The second kappa shape index (κ2) is 4.49. The molecule has 1 aliphatic heterocycles. The first-order valence-electron chi connectivity index (χ1n) is 4.78. The number of carboxylic acids is 1. The second-order valence-corrected chi connectivity index (χ2v) is 6.08. The monoisotopic (exact) mass is 240 g/mol. The third-order valence-corrected chi connectivity index (χ3v) is 5.23. The maximum absolute atomic E-state index is 11.3. The van der Waals surface area contributed by atoms with Gasteiger partial charge >= 0.3 is 5.97 Å². The van der Waals surface area contributed by atoms with Crippen LogP contribution in [0.25, 0.3) is 0 Å². The minimum atomic E-state index is -0.679. The van der Waals surface area contributed by atoms with Crippen molar-refractivity contribution in [2.24, 2.45) is 0 Å². The summed E-state index contributed by atoms with van der Waals surface area (Å²) in [6.45, 7) is 0. The molecule has 4 heteroatoms. The summed E-state index contributed by atoms with van der Waals surface area (Å²) < 4.78 is -0.605. The van der Waals surface area contributed by atoms with Crippen molar-refractivity contribution >= 4 is 29.5 Å². The van der Waals surface area contributed by atoms with Crippen molar-refractivity contribution in [3.05, 3.63) is 30.3 Å². The summed E-state index contributed by atoms with van der Waals surface area (Å²) >= 11 is 3.21. The highest BCUT2D eigenvalue weighted by atomic mass is 32.2. The van der Waals surface area contributed by atoms with Crippen LogP contribution in [0, 0.1) is 0 Å². The summed E-state index contributed by atoms with van der Waals surface area (Å²) in [5.41, 5.74) is 0. The predicted molar refractivity (Wildman–Crippen MR) is 64.6 cm³/mol. The van der Waals surface area contributed by atoms with E-state index in [0.717, 1.165) is 17.1 Å². The van der Waals surface area contributed by atoms with E-state index in [2.05, 4.69) is 0 Å². The van der Waals surface area contributed by atoms with Crippen LogP contribution in [-0.4, -0.2) is 27.3 Å². The number of carboxylic acid groups (broad SMARTS) is 1. The highest BCUT2D eigenvalue weighted by molar-refractivity contribution is 8.05. The van der Waals surface area contributed by atoms with Gasteiger partial charge < -0.3 is 5.11 Å². The van der Waals surface area contributed by atoms with Crippen LogP contribution in [0.15, 0.2) is 35.2 Å². The Morgan fingerprint density at radius 3 is 2.67 bits per heavy atom. The number of carbonyl (C=O) groups is 1. The van der Waals surface area contributed by atoms with E-state index < -0.39 is 10.7 Å². The molecule has 0 radical (unpaired) electrons. The minimum Gasteiger partial charge on any atom is -0.480 e. The van der Waals surface area contributed by atoms with Crippen molar-refractivity contribution < 1.29 is 9.90 Å². The Morgan fingerprint density at radius 1 is 1.40 bits per heavy atom. The Hall–Kier alpha value is -0.610. The lowest BCUT2D eigenvalue weighted by atomic mass is 10.1. The molecule has 1 fully saturated rings. The molecule has 1 saturated heterocycles. The van der Waals surface area contributed by atoms with E-state index in [-0.39, 0.29) is 0 Å². The Balaban J connectivity index is 2.18. The van der Waals surface area contributed by atoms with Crippen LogP contribution < -0.4 is 0 Å². The number of hydrogen-bond donors (Lipinski definition) is 1. The second-order valence-electron chi connectivity index (χ2n) is 3.52. The van der Waals surface area contributed by atoms with Gasteiger partial charge in [0.05, 0.1) is 0 Å². The van der Waals surface area contributed by atoms with Gasteiger partial charge in [-0.25, -0.2) is 0 Å². The molecule has 80 valence electrons. The van der Waals surface area contributed by atoms with Crippen LogP contribution in [0.1, 0.15) is 6.42 Å². The SMILES string of the molecule is O=C(O)C1(Sc2ccccc2)CCSC1. The molecule has 0 spiro atoms. The summed E-state index contributed by atoms with van der Waals surface area (Å²) in [5, 5.41) is 9.29. The van der Waals surface area contributed by atoms with Crippen molar-refractivity contribution in [3.63, 3.8) is 0 Å². The molecule has 0 amide bonds. The van der Waals surface area contributed by atoms with Crippen LogP contribution in [0.5, 0.6) is 0 Å². The molecule has 1 aliphatic rings. The van der Waals surface area contributed by atoms with Crippen molar-refractivity contribution in [1.82, 2.24) is 0 Å². The molecule has 0 aromatic heterocycles. The lowest BCUT2D eigenvalue weighted by molar-refractivity contribution is -0.139. The van der Waals surface area contributed by atoms with Gasteiger partial charge in [-0.05, 0) is 24.3 Å². The number of rotatable bonds is 3. The predicted octanol–water partition coefficient (Wildman–Crippen LogP) is 2.74. The zero-order valence-corrected chi connectivity index (χ0v) is 9.81. The molecular formula is C11H12O2S2. The Morgan fingerprint density at radius 2 is 2.13 bits per heavy atom. The highest BCUT2D eigenvalue weighted by Crippen LogP contribution is 2.43. The highest BCUT2D eigenvalue weighted by Gasteiger charge is 2.42. The third kappa shape index (κ3) is 2.32. The average molecular weight is 240 g/mol. The smallest absolute Gasteiger partial charge is 0.321 e. The van der Waals surface area contributed by atoms with Gasteiger partial charge in [-0.3, -0.25) is 4.79 Å². The van der Waals surface area contributed by atoms with Gasteiger partial charge in [-0.1, -0.05) is 18.2 Å². The Kier molecular flexibility index (Phi) is 3.26. The fourth-order valence-electron chi connectivity index (χ4n) is 1.55. The van der Waals surface area contributed by atoms with Gasteiger partial charge in [0.1, 0.15) is 4.75 Å². The van der Waals surface area contributed by atoms with Crippen molar-refractivity contribution in [3.8, 4) is 0 Å². The van der Waals surface area contributed by atoms with Gasteiger partial charge in [-0.2, -0.15) is 11.8 Å². The lowest BCUT2D eigenvalue weighted by Gasteiger charge is -2.21. The molecule has 1 heterocycles. The van der Waals surface area contributed by atoms with Crippen LogP contribution in [-0.2, 0) is 4.79 Å². The third-order valence-electron chi connectivity index (χ3n) is 2.43. The molecule has 1 aromatic carbocycles. The minimum absolute atomic E-state index is 0.605. The molecule has 0 aliphatic carbocycles. The Labute approximate surface area is 97.5 Å². The fraction of sp³-hybridized carbons (Fsp3) is 0.364. The summed E-state index contributed by atoms with van der Waals surface area (Å²) in [6.07, 6.45) is 0.757. The van der Waals surface area contributed by atoms with E-state index in [1.165, 1.54) is 11.8 Å². The van der Waals surface area contributed by atoms with E-state index in [9.17, 15) is 9.90 Å². The maximum Gasteiger partial charge on any atom is 0.321 e. The molecule has 2 nitrogen and oxygen atoms in total. The largest absolute Gasteiger partial charge is 0.480 e. The number of thioether (sulfide) groups is 2. The molecule has 1 N–H and O–H groups in total. The van der Waals surface area contributed by atoms with Gasteiger partial charge in [0.15, 0.2) is 0 Å². The van der Waals surface area contributed by atoms with Crippen molar-refractivity contribution in [2.75, 3.05) is 11.5 Å². The Bertz CT molecular complexity index is 345. The fourth-order valence-corrected chi connectivity index (χ4v) is 4.44. The van der Waals surface area contributed by atoms with Crippen LogP contribution >= 0.6 is 23.5 Å². The van der Waals surface area contributed by atoms with E-state index in [1.54, 1.807) is 11.8 Å². The summed E-state index contributed by atoms with van der Waals surface area (Å²) in [5.74, 6) is 0.981. The quantitative estimate of drug-likeness (QED) is 0.881. The van der Waals surface area contributed by atoms with E-state index in [4.69, 9.17) is 0 Å². The molecule has 1 aromatic rings. The number of hydrogen-bond acceptors (Lipinski definition) is 3. The van der Waals surface area contributed by atoms with Gasteiger partial charge in [-0.15, -0.1) is 11.8 Å². The van der Waals surface area contributed by atoms with E-state index >= 15 is 0 Å². The van der Waals surface area contributed by atoms with Gasteiger partial charge in [0, 0.05) is 10.6 Å². The number of benzene rings is 1. The first-order valence-corrected chi connectivity index (χ1v) is 6.75. The van der Waals surface area contributed by atoms with Crippen LogP contribution in [0.4, 0.5) is 0 Å². The maximum atomic E-state index is 11.3. The van der Waals surface area contributed by atoms with Crippen LogP contribution in [0.2, 0.25) is 0 Å². The molecule has 1 unspecified atom stereocenters. The van der Waals surface area contributed by atoms with Gasteiger partial charge in [0.25, 0.3) is 0 Å². The van der Waals surface area contributed by atoms with Crippen molar-refractivity contribution in [2.45, 2.75) is 16.1 Å². The number of aliphatic carboxylic acids is 1.